The molecule has 2 fully saturated rings. The molecular formula is C28H34N8O2. The first-order chi connectivity index (χ1) is 18.5. The first-order valence-electron chi connectivity index (χ1n) is 13.3. The molecule has 3 aromatic heterocycles. The Balaban J connectivity index is 1.39. The number of benzene rings is 1. The van der Waals surface area contributed by atoms with Gasteiger partial charge in [0.15, 0.2) is 11.5 Å². The highest BCUT2D eigenvalue weighted by Crippen LogP contribution is 2.30. The number of hydrogen-bond donors (Lipinski definition) is 1. The number of carbonyl (C=O) groups excluding carboxylic acids is 1. The van der Waals surface area contributed by atoms with Gasteiger partial charge in [-0.15, -0.1) is 0 Å². The number of imidazole rings is 1. The van der Waals surface area contributed by atoms with Crippen LogP contribution >= 0.6 is 0 Å². The first-order valence-corrected chi connectivity index (χ1v) is 13.3. The van der Waals surface area contributed by atoms with Crippen LogP contribution in [0.25, 0.3) is 28.2 Å². The number of anilines is 1. The monoisotopic (exact) mass is 514 g/mol. The quantitative estimate of drug-likeness (QED) is 0.422. The molecule has 10 nitrogen and oxygen atoms in total. The Labute approximate surface area is 222 Å². The fourth-order valence-electron chi connectivity index (χ4n) is 5.51. The minimum absolute atomic E-state index is 0.102. The van der Waals surface area contributed by atoms with E-state index in [1.54, 1.807) is 0 Å². The molecule has 0 spiro atoms. The maximum atomic E-state index is 11.8. The van der Waals surface area contributed by atoms with E-state index in [0.29, 0.717) is 26.3 Å². The number of primary amides is 1. The normalized spacial score (nSPS) is 18.8. The molecule has 0 saturated carbocycles. The zero-order chi connectivity index (χ0) is 26.2. The molecule has 1 amide bonds. The summed E-state index contributed by atoms with van der Waals surface area (Å²) in [4.78, 5) is 26.5. The van der Waals surface area contributed by atoms with Crippen molar-refractivity contribution >= 4 is 22.8 Å². The van der Waals surface area contributed by atoms with Gasteiger partial charge in [-0.05, 0) is 38.4 Å². The summed E-state index contributed by atoms with van der Waals surface area (Å²) in [6.07, 6.45) is 3.78. The van der Waals surface area contributed by atoms with E-state index in [1.165, 1.54) is 5.56 Å². The van der Waals surface area contributed by atoms with Gasteiger partial charge in [0.2, 0.25) is 5.91 Å². The van der Waals surface area contributed by atoms with E-state index in [0.717, 1.165) is 72.2 Å². The Bertz CT molecular complexity index is 1470. The number of ether oxygens (including phenoxy) is 1. The zero-order valence-electron chi connectivity index (χ0n) is 22.0. The van der Waals surface area contributed by atoms with Gasteiger partial charge in [-0.1, -0.05) is 23.8 Å². The number of nitrogens with two attached hydrogens (primary N) is 1. The summed E-state index contributed by atoms with van der Waals surface area (Å²) in [5, 5.41) is 4.87. The Morgan fingerprint density at radius 3 is 2.76 bits per heavy atom. The van der Waals surface area contributed by atoms with E-state index in [9.17, 15) is 4.79 Å². The molecule has 2 aliphatic rings. The number of rotatable bonds is 6. The van der Waals surface area contributed by atoms with Gasteiger partial charge in [-0.2, -0.15) is 5.10 Å². The maximum absolute atomic E-state index is 11.8. The molecule has 198 valence electrons. The number of fused-ring (bicyclic) bond motifs is 1. The van der Waals surface area contributed by atoms with Crippen molar-refractivity contribution in [1.82, 2.24) is 29.2 Å². The van der Waals surface area contributed by atoms with E-state index in [-0.39, 0.29) is 11.8 Å². The van der Waals surface area contributed by atoms with E-state index in [4.69, 9.17) is 25.5 Å². The van der Waals surface area contributed by atoms with Crippen LogP contribution in [0.5, 0.6) is 0 Å². The fourth-order valence-corrected chi connectivity index (χ4v) is 5.51. The third-order valence-corrected chi connectivity index (χ3v) is 7.65. The molecule has 6 rings (SSSR count). The zero-order valence-corrected chi connectivity index (χ0v) is 22.0. The van der Waals surface area contributed by atoms with Crippen LogP contribution in [0.1, 0.15) is 24.2 Å². The molecule has 5 heterocycles. The summed E-state index contributed by atoms with van der Waals surface area (Å²) in [7, 11) is 2.02. The molecule has 10 heteroatoms. The highest BCUT2D eigenvalue weighted by atomic mass is 16.5. The van der Waals surface area contributed by atoms with Gasteiger partial charge in [0, 0.05) is 44.5 Å². The smallest absolute Gasteiger partial charge is 0.221 e. The second kappa shape index (κ2) is 10.2. The minimum Gasteiger partial charge on any atom is -0.378 e. The lowest BCUT2D eigenvalue weighted by Crippen LogP contribution is -2.41. The van der Waals surface area contributed by atoms with Gasteiger partial charge in [0.25, 0.3) is 0 Å². The van der Waals surface area contributed by atoms with Gasteiger partial charge in [0.1, 0.15) is 11.3 Å². The van der Waals surface area contributed by atoms with E-state index >= 15 is 0 Å². The molecule has 2 aliphatic heterocycles. The van der Waals surface area contributed by atoms with Crippen LogP contribution in [0.15, 0.2) is 42.6 Å². The number of nitrogens with zero attached hydrogens (tertiary/aromatic N) is 7. The molecule has 1 atom stereocenters. The number of morpholine rings is 1. The number of likely N-dealkylation sites (tertiary alicyclic amines) is 1. The Kier molecular flexibility index (Phi) is 6.59. The number of aryl methyl sites for hydroxylation is 2. The summed E-state index contributed by atoms with van der Waals surface area (Å²) in [5.74, 6) is 1.35. The molecule has 4 aromatic rings. The molecule has 1 aromatic carbocycles. The lowest BCUT2D eigenvalue weighted by Gasteiger charge is -2.30. The first kappa shape index (κ1) is 24.6. The summed E-state index contributed by atoms with van der Waals surface area (Å²) in [5.41, 5.74) is 11.5. The molecule has 0 bridgehead atoms. The lowest BCUT2D eigenvalue weighted by molar-refractivity contribution is -0.123. The second-order valence-electron chi connectivity index (χ2n) is 10.3. The van der Waals surface area contributed by atoms with Gasteiger partial charge in [-0.25, -0.2) is 14.6 Å². The second-order valence-corrected chi connectivity index (χ2v) is 10.3. The van der Waals surface area contributed by atoms with Crippen molar-refractivity contribution in [2.75, 3.05) is 44.3 Å². The molecule has 0 aliphatic carbocycles. The largest absolute Gasteiger partial charge is 0.378 e. The third-order valence-electron chi connectivity index (χ3n) is 7.65. The summed E-state index contributed by atoms with van der Waals surface area (Å²) < 4.78 is 9.54. The average Bonchev–Trinajstić information content (AvgIpc) is 3.54. The number of amides is 1. The predicted octanol–water partition coefficient (Wildman–Crippen LogP) is 2.66. The topological polar surface area (TPSA) is 107 Å². The molecule has 1 unspecified atom stereocenters. The minimum atomic E-state index is -0.218. The van der Waals surface area contributed by atoms with E-state index in [2.05, 4.69) is 51.6 Å². The Hall–Kier alpha value is -3.76. The van der Waals surface area contributed by atoms with Crippen molar-refractivity contribution in [3.8, 4) is 17.1 Å². The van der Waals surface area contributed by atoms with Crippen molar-refractivity contribution in [3.63, 3.8) is 0 Å². The van der Waals surface area contributed by atoms with Crippen LogP contribution in [0.4, 0.5) is 5.69 Å². The van der Waals surface area contributed by atoms with Crippen molar-refractivity contribution < 1.29 is 9.53 Å². The van der Waals surface area contributed by atoms with Crippen LogP contribution in [0.2, 0.25) is 0 Å². The van der Waals surface area contributed by atoms with Crippen LogP contribution < -0.4 is 10.6 Å². The Morgan fingerprint density at radius 1 is 1.13 bits per heavy atom. The van der Waals surface area contributed by atoms with Crippen molar-refractivity contribution in [2.24, 2.45) is 18.7 Å². The standard InChI is InChI=1S/C28H34N8O2/c1-19-5-3-6-20(15-19)22-8-10-36(32-22)24-16-23(35-11-13-38-14-12-35)26-28(31-24)33(2)25(30-26)18-34-9-4-7-21(17-34)27(29)37/h3,5-6,8,10,15-16,21H,4,7,9,11-14,17-18H2,1-2H3,(H2,29,37). The lowest BCUT2D eigenvalue weighted by atomic mass is 9.97. The fraction of sp³-hybridized carbons (Fsp3) is 0.429. The maximum Gasteiger partial charge on any atom is 0.221 e. The van der Waals surface area contributed by atoms with Gasteiger partial charge in [0.05, 0.1) is 37.1 Å². The van der Waals surface area contributed by atoms with Crippen molar-refractivity contribution in [3.05, 3.63) is 54.0 Å². The third kappa shape index (κ3) is 4.77. The number of aromatic nitrogens is 5. The highest BCUT2D eigenvalue weighted by Gasteiger charge is 2.26. The van der Waals surface area contributed by atoms with Crippen LogP contribution in [-0.2, 0) is 23.1 Å². The van der Waals surface area contributed by atoms with E-state index in [1.807, 2.05) is 24.0 Å². The average molecular weight is 515 g/mol. The molecule has 2 saturated heterocycles. The van der Waals surface area contributed by atoms with Gasteiger partial charge in [-0.3, -0.25) is 9.69 Å². The van der Waals surface area contributed by atoms with Crippen molar-refractivity contribution in [2.45, 2.75) is 26.3 Å². The molecule has 2 N–H and O–H groups in total. The number of hydrogen-bond acceptors (Lipinski definition) is 7. The Morgan fingerprint density at radius 2 is 1.97 bits per heavy atom. The van der Waals surface area contributed by atoms with Crippen molar-refractivity contribution in [1.29, 1.82) is 0 Å². The van der Waals surface area contributed by atoms with Crippen LogP contribution in [0.3, 0.4) is 0 Å². The number of carbonyl (C=O) groups is 1. The highest BCUT2D eigenvalue weighted by molar-refractivity contribution is 5.88. The van der Waals surface area contributed by atoms with Gasteiger partial charge < -0.3 is 19.9 Å². The SMILES string of the molecule is Cc1cccc(-c2ccn(-c3cc(N4CCOCC4)c4nc(CN5CCCC(C(N)=O)C5)n(C)c4n3)n2)c1. The van der Waals surface area contributed by atoms with Crippen LogP contribution in [0, 0.1) is 12.8 Å². The molecular weight excluding hydrogens is 480 g/mol. The van der Waals surface area contributed by atoms with Crippen LogP contribution in [-0.4, -0.2) is 74.5 Å². The number of pyridine rings is 1. The predicted molar refractivity (Wildman–Crippen MR) is 146 cm³/mol. The van der Waals surface area contributed by atoms with Gasteiger partial charge >= 0.3 is 0 Å². The molecule has 0 radical (unpaired) electrons. The molecule has 38 heavy (non-hydrogen) atoms. The van der Waals surface area contributed by atoms with E-state index < -0.39 is 0 Å². The summed E-state index contributed by atoms with van der Waals surface area (Å²) >= 11 is 0. The number of piperidine rings is 1. The summed E-state index contributed by atoms with van der Waals surface area (Å²) in [6, 6.07) is 12.5. The summed E-state index contributed by atoms with van der Waals surface area (Å²) in [6.45, 7) is 7.28.